The van der Waals surface area contributed by atoms with Gasteiger partial charge in [0, 0.05) is 18.7 Å². The van der Waals surface area contributed by atoms with E-state index in [0.717, 1.165) is 57.2 Å². The first-order valence-corrected chi connectivity index (χ1v) is 9.75. The Bertz CT molecular complexity index is 599. The van der Waals surface area contributed by atoms with Gasteiger partial charge >= 0.3 is 5.97 Å². The van der Waals surface area contributed by atoms with Gasteiger partial charge in [0.25, 0.3) is 5.91 Å². The smallest absolute Gasteiger partial charge is 0.308 e. The molecule has 0 atom stereocenters. The number of carbonyl (C=O) groups excluding carboxylic acids is 2. The van der Waals surface area contributed by atoms with Crippen molar-refractivity contribution in [3.05, 3.63) is 35.4 Å². The van der Waals surface area contributed by atoms with Crippen LogP contribution in [0.2, 0.25) is 0 Å². The minimum Gasteiger partial charge on any atom is -0.466 e. The van der Waals surface area contributed by atoms with E-state index in [0.29, 0.717) is 12.5 Å². The van der Waals surface area contributed by atoms with Gasteiger partial charge in [-0.1, -0.05) is 12.1 Å². The molecule has 0 aromatic heterocycles. The van der Waals surface area contributed by atoms with Crippen LogP contribution >= 0.6 is 0 Å². The summed E-state index contributed by atoms with van der Waals surface area (Å²) in [4.78, 5) is 26.6. The Morgan fingerprint density at radius 1 is 1.08 bits per heavy atom. The molecule has 0 N–H and O–H groups in total. The molecule has 0 bridgehead atoms. The normalized spacial score (nSPS) is 24.0. The first-order valence-electron chi connectivity index (χ1n) is 9.75. The molecule has 0 unspecified atom stereocenters. The summed E-state index contributed by atoms with van der Waals surface area (Å²) < 4.78 is 5.15. The Balaban J connectivity index is 1.62. The summed E-state index contributed by atoms with van der Waals surface area (Å²) in [6, 6.07) is 8.14. The van der Waals surface area contributed by atoms with Crippen LogP contribution in [0.15, 0.2) is 24.3 Å². The van der Waals surface area contributed by atoms with E-state index in [1.807, 2.05) is 24.0 Å². The molecule has 0 spiro atoms. The lowest BCUT2D eigenvalue weighted by molar-refractivity contribution is -0.149. The summed E-state index contributed by atoms with van der Waals surface area (Å²) in [6.07, 6.45) is 7.21. The highest BCUT2D eigenvalue weighted by atomic mass is 16.5. The highest BCUT2D eigenvalue weighted by molar-refractivity contribution is 5.94. The second-order valence-corrected chi connectivity index (χ2v) is 7.28. The highest BCUT2D eigenvalue weighted by Gasteiger charge is 2.28. The van der Waals surface area contributed by atoms with Gasteiger partial charge in [-0.3, -0.25) is 9.59 Å². The molecule has 2 aliphatic rings. The molecule has 1 aliphatic carbocycles. The van der Waals surface area contributed by atoms with E-state index in [4.69, 9.17) is 4.74 Å². The van der Waals surface area contributed by atoms with E-state index in [-0.39, 0.29) is 17.8 Å². The van der Waals surface area contributed by atoms with Gasteiger partial charge in [-0.05, 0) is 75.5 Å². The molecule has 25 heavy (non-hydrogen) atoms. The number of esters is 1. The molecule has 0 radical (unpaired) electrons. The average molecular weight is 343 g/mol. The molecule has 1 saturated heterocycles. The third-order valence-corrected chi connectivity index (χ3v) is 5.60. The molecule has 1 aromatic rings. The molecule has 3 rings (SSSR count). The van der Waals surface area contributed by atoms with E-state index in [2.05, 4.69) is 12.1 Å². The van der Waals surface area contributed by atoms with E-state index in [1.54, 1.807) is 0 Å². The first-order chi connectivity index (χ1) is 12.2. The molecule has 4 nitrogen and oxygen atoms in total. The van der Waals surface area contributed by atoms with Crippen LogP contribution in [0.1, 0.15) is 73.7 Å². The summed E-state index contributed by atoms with van der Waals surface area (Å²) in [5, 5.41) is 0. The van der Waals surface area contributed by atoms with Gasteiger partial charge in [0.15, 0.2) is 0 Å². The maximum absolute atomic E-state index is 12.7. The lowest BCUT2D eigenvalue weighted by Gasteiger charge is -2.29. The molecular weight excluding hydrogens is 314 g/mol. The van der Waals surface area contributed by atoms with Gasteiger partial charge in [-0.25, -0.2) is 0 Å². The zero-order valence-corrected chi connectivity index (χ0v) is 15.2. The molecule has 1 amide bonds. The number of amides is 1. The lowest BCUT2D eigenvalue weighted by Crippen LogP contribution is -2.35. The fraction of sp³-hybridized carbons (Fsp3) is 0.619. The van der Waals surface area contributed by atoms with Gasteiger partial charge in [0.2, 0.25) is 0 Å². The monoisotopic (exact) mass is 343 g/mol. The lowest BCUT2D eigenvalue weighted by atomic mass is 9.78. The maximum atomic E-state index is 12.7. The Kier molecular flexibility index (Phi) is 6.11. The fourth-order valence-corrected chi connectivity index (χ4v) is 4.13. The molecule has 1 aliphatic heterocycles. The predicted octanol–water partition coefficient (Wildman–Crippen LogP) is 4.15. The standard InChI is InChI=1S/C21H29NO3/c1-2-25-21(24)17-11-9-16(10-12-17)18-7-6-8-19(15-18)20(23)22-13-4-3-5-14-22/h6-8,15-17H,2-5,9-14H2,1H3. The van der Waals surface area contributed by atoms with E-state index < -0.39 is 0 Å². The second kappa shape index (κ2) is 8.50. The summed E-state index contributed by atoms with van der Waals surface area (Å²) in [5.74, 6) is 0.617. The quantitative estimate of drug-likeness (QED) is 0.772. The van der Waals surface area contributed by atoms with Crippen LogP contribution in [0.3, 0.4) is 0 Å². The van der Waals surface area contributed by atoms with Crippen LogP contribution in [-0.4, -0.2) is 36.5 Å². The van der Waals surface area contributed by atoms with Crippen molar-refractivity contribution in [2.75, 3.05) is 19.7 Å². The van der Waals surface area contributed by atoms with Gasteiger partial charge in [-0.15, -0.1) is 0 Å². The van der Waals surface area contributed by atoms with Gasteiger partial charge in [0.1, 0.15) is 0 Å². The Morgan fingerprint density at radius 2 is 1.80 bits per heavy atom. The second-order valence-electron chi connectivity index (χ2n) is 7.28. The number of hydrogen-bond acceptors (Lipinski definition) is 3. The van der Waals surface area contributed by atoms with Crippen molar-refractivity contribution in [1.82, 2.24) is 4.90 Å². The van der Waals surface area contributed by atoms with Gasteiger partial charge in [0.05, 0.1) is 12.5 Å². The molecule has 136 valence electrons. The Hall–Kier alpha value is -1.84. The molecule has 2 fully saturated rings. The molecule has 1 heterocycles. The summed E-state index contributed by atoms with van der Waals surface area (Å²) in [5.41, 5.74) is 2.05. The molecule has 4 heteroatoms. The SMILES string of the molecule is CCOC(=O)C1CCC(c2cccc(C(=O)N3CCCCC3)c2)CC1. The van der Waals surface area contributed by atoms with Crippen LogP contribution < -0.4 is 0 Å². The number of benzene rings is 1. The van der Waals surface area contributed by atoms with Crippen molar-refractivity contribution in [2.45, 2.75) is 57.8 Å². The summed E-state index contributed by atoms with van der Waals surface area (Å²) in [7, 11) is 0. The maximum Gasteiger partial charge on any atom is 0.308 e. The zero-order valence-electron chi connectivity index (χ0n) is 15.2. The highest BCUT2D eigenvalue weighted by Crippen LogP contribution is 2.36. The summed E-state index contributed by atoms with van der Waals surface area (Å²) in [6.45, 7) is 4.08. The Labute approximate surface area is 150 Å². The van der Waals surface area contributed by atoms with Crippen molar-refractivity contribution in [3.63, 3.8) is 0 Å². The van der Waals surface area contributed by atoms with Crippen LogP contribution in [0, 0.1) is 5.92 Å². The van der Waals surface area contributed by atoms with Crippen molar-refractivity contribution in [2.24, 2.45) is 5.92 Å². The third kappa shape index (κ3) is 4.42. The number of rotatable bonds is 4. The third-order valence-electron chi connectivity index (χ3n) is 5.60. The van der Waals surface area contributed by atoms with Crippen LogP contribution in [0.4, 0.5) is 0 Å². The molecule has 1 aromatic carbocycles. The van der Waals surface area contributed by atoms with E-state index in [9.17, 15) is 9.59 Å². The minimum atomic E-state index is -0.0463. The summed E-state index contributed by atoms with van der Waals surface area (Å²) >= 11 is 0. The van der Waals surface area contributed by atoms with Crippen LogP contribution in [0.5, 0.6) is 0 Å². The van der Waals surface area contributed by atoms with Crippen LogP contribution in [-0.2, 0) is 9.53 Å². The van der Waals surface area contributed by atoms with Crippen molar-refractivity contribution >= 4 is 11.9 Å². The number of hydrogen-bond donors (Lipinski definition) is 0. The number of carbonyl (C=O) groups is 2. The average Bonchev–Trinajstić information content (AvgIpc) is 2.68. The molecule has 1 saturated carbocycles. The van der Waals surface area contributed by atoms with Crippen LogP contribution in [0.25, 0.3) is 0 Å². The van der Waals surface area contributed by atoms with Crippen molar-refractivity contribution in [1.29, 1.82) is 0 Å². The Morgan fingerprint density at radius 3 is 2.48 bits per heavy atom. The predicted molar refractivity (Wildman–Crippen MR) is 97.5 cm³/mol. The number of piperidine rings is 1. The zero-order chi connectivity index (χ0) is 17.6. The molecular formula is C21H29NO3. The number of ether oxygens (including phenoxy) is 1. The fourth-order valence-electron chi connectivity index (χ4n) is 4.13. The van der Waals surface area contributed by atoms with Crippen molar-refractivity contribution < 1.29 is 14.3 Å². The topological polar surface area (TPSA) is 46.6 Å². The number of likely N-dealkylation sites (tertiary alicyclic amines) is 1. The van der Waals surface area contributed by atoms with E-state index in [1.165, 1.54) is 12.0 Å². The number of nitrogens with zero attached hydrogens (tertiary/aromatic N) is 1. The first kappa shape index (κ1) is 18.0. The van der Waals surface area contributed by atoms with Gasteiger partial charge in [-0.2, -0.15) is 0 Å². The van der Waals surface area contributed by atoms with Gasteiger partial charge < -0.3 is 9.64 Å². The largest absolute Gasteiger partial charge is 0.466 e. The van der Waals surface area contributed by atoms with E-state index >= 15 is 0 Å². The minimum absolute atomic E-state index is 0.0463. The van der Waals surface area contributed by atoms with Crippen molar-refractivity contribution in [3.8, 4) is 0 Å².